The third kappa shape index (κ3) is 4.95. The Kier molecular flexibility index (Phi) is 6.10. The second-order valence-electron chi connectivity index (χ2n) is 5.52. The highest BCUT2D eigenvalue weighted by atomic mass is 31.3. The molecule has 7 N–H and O–H groups in total. The Bertz CT molecular complexity index is 647. The van der Waals surface area contributed by atoms with Crippen LogP contribution in [0, 0.1) is 0 Å². The van der Waals surface area contributed by atoms with Crippen LogP contribution in [-0.2, 0) is 22.7 Å². The molecule has 2 amide bonds. The minimum absolute atomic E-state index is 0.126. The van der Waals surface area contributed by atoms with Gasteiger partial charge in [0.1, 0.15) is 6.10 Å². The van der Waals surface area contributed by atoms with Gasteiger partial charge in [0.15, 0.2) is 6.10 Å². The molecular formula is C9H17F2N3O10P2. The third-order valence-corrected chi connectivity index (χ3v) is 5.68. The summed E-state index contributed by atoms with van der Waals surface area (Å²) in [5.41, 5.74) is 5.46. The summed E-state index contributed by atoms with van der Waals surface area (Å²) >= 11 is 0. The number of nitrogens with two attached hydrogens (primary N) is 1. The summed E-state index contributed by atoms with van der Waals surface area (Å²) in [5, 5.41) is 11.9. The molecule has 0 aromatic carbocycles. The van der Waals surface area contributed by atoms with Gasteiger partial charge in [-0.25, -0.2) is 13.9 Å². The lowest BCUT2D eigenvalue weighted by molar-refractivity contribution is -0.156. The van der Waals surface area contributed by atoms with Crippen LogP contribution >= 0.6 is 15.6 Å². The smallest absolute Gasteiger partial charge is 0.384 e. The molecule has 0 spiro atoms. The molecule has 0 aromatic rings. The van der Waals surface area contributed by atoms with Crippen molar-refractivity contribution in [3.05, 3.63) is 0 Å². The van der Waals surface area contributed by atoms with Crippen LogP contribution in [0.1, 0.15) is 6.42 Å². The van der Waals surface area contributed by atoms with Gasteiger partial charge in [0.05, 0.1) is 12.8 Å². The number of urea groups is 1. The number of halogens is 2. The van der Waals surface area contributed by atoms with Crippen LogP contribution in [0.15, 0.2) is 0 Å². The number of ether oxygens (including phenoxy) is 1. The first-order valence-corrected chi connectivity index (χ1v) is 10.0. The van der Waals surface area contributed by atoms with Crippen molar-refractivity contribution in [3.63, 3.8) is 0 Å². The normalized spacial score (nSPS) is 34.4. The van der Waals surface area contributed by atoms with E-state index in [1.165, 1.54) is 0 Å². The molecule has 2 aliphatic rings. The topological polar surface area (TPSA) is 201 Å². The molecule has 2 fully saturated rings. The van der Waals surface area contributed by atoms with Crippen LogP contribution in [0.2, 0.25) is 0 Å². The van der Waals surface area contributed by atoms with Crippen molar-refractivity contribution in [2.45, 2.75) is 36.9 Å². The number of aliphatic hydroxyl groups excluding tert-OH is 1. The highest BCUT2D eigenvalue weighted by Gasteiger charge is 2.62. The lowest BCUT2D eigenvalue weighted by atomic mass is 10.1. The summed E-state index contributed by atoms with van der Waals surface area (Å²) in [5.74, 6) is -3.96. The summed E-state index contributed by atoms with van der Waals surface area (Å²) in [7, 11) is -10.7. The molecule has 13 nitrogen and oxygen atoms in total. The fourth-order valence-electron chi connectivity index (χ4n) is 2.38. The quantitative estimate of drug-likeness (QED) is 0.273. The van der Waals surface area contributed by atoms with Crippen molar-refractivity contribution >= 4 is 21.7 Å². The molecule has 17 heteroatoms. The summed E-state index contributed by atoms with van der Waals surface area (Å²) in [6.07, 6.45) is -7.24. The SMILES string of the molecule is NC1CCN([C@@H]2O[C@H](COP(=O)(O)OP(=O)(O)O)[C@H](O)C2(F)F)C(=O)N1. The average Bonchev–Trinajstić information content (AvgIpc) is 2.66. The number of nitrogens with one attached hydrogen (secondary N) is 1. The van der Waals surface area contributed by atoms with Crippen molar-refractivity contribution in [3.8, 4) is 0 Å². The zero-order valence-electron chi connectivity index (χ0n) is 12.8. The first-order chi connectivity index (χ1) is 11.7. The monoisotopic (exact) mass is 427 g/mol. The van der Waals surface area contributed by atoms with Gasteiger partial charge in [-0.05, 0) is 6.42 Å². The molecule has 26 heavy (non-hydrogen) atoms. The minimum atomic E-state index is -5.40. The number of hydrogen-bond acceptors (Lipinski definition) is 8. The Morgan fingerprint density at radius 2 is 2.00 bits per heavy atom. The Morgan fingerprint density at radius 1 is 1.38 bits per heavy atom. The van der Waals surface area contributed by atoms with Gasteiger partial charge in [0.25, 0.3) is 0 Å². The summed E-state index contributed by atoms with van der Waals surface area (Å²) < 4.78 is 62.9. The van der Waals surface area contributed by atoms with Gasteiger partial charge >= 0.3 is 27.6 Å². The molecular weight excluding hydrogens is 410 g/mol. The maximum absolute atomic E-state index is 14.2. The van der Waals surface area contributed by atoms with E-state index in [0.717, 1.165) is 0 Å². The lowest BCUT2D eigenvalue weighted by Gasteiger charge is -2.36. The van der Waals surface area contributed by atoms with E-state index < -0.39 is 58.8 Å². The maximum Gasteiger partial charge on any atom is 0.481 e. The van der Waals surface area contributed by atoms with Crippen LogP contribution in [0.4, 0.5) is 13.6 Å². The van der Waals surface area contributed by atoms with Crippen molar-refractivity contribution in [1.29, 1.82) is 0 Å². The highest BCUT2D eigenvalue weighted by Crippen LogP contribution is 2.57. The average molecular weight is 427 g/mol. The number of alkyl halides is 2. The fourth-order valence-corrected chi connectivity index (χ4v) is 3.98. The van der Waals surface area contributed by atoms with E-state index in [-0.39, 0.29) is 13.0 Å². The van der Waals surface area contributed by atoms with E-state index in [2.05, 4.69) is 14.2 Å². The molecule has 0 radical (unpaired) electrons. The molecule has 2 heterocycles. The molecule has 0 aliphatic carbocycles. The molecule has 0 saturated carbocycles. The van der Waals surface area contributed by atoms with Crippen LogP contribution in [-0.4, -0.2) is 74.4 Å². The first kappa shape index (κ1) is 21.6. The molecule has 2 saturated heterocycles. The standard InChI is InChI=1S/C9H17F2N3O10P2/c10-9(11)6(15)4(3-22-26(20,21)24-25(17,18)19)23-7(9)14-2-1-5(12)13-8(14)16/h4-7,15H,1-3,12H2,(H,13,16)(H,20,21)(H2,17,18,19)/t4-,5?,6+,7-/m1/s1. The number of nitrogens with zero attached hydrogens (tertiary/aromatic N) is 1. The van der Waals surface area contributed by atoms with Crippen LogP contribution in [0.25, 0.3) is 0 Å². The van der Waals surface area contributed by atoms with Gasteiger partial charge in [-0.2, -0.15) is 13.1 Å². The van der Waals surface area contributed by atoms with Gasteiger partial charge in [-0.3, -0.25) is 9.42 Å². The number of rotatable bonds is 6. The number of carbonyl (C=O) groups is 1. The van der Waals surface area contributed by atoms with Crippen molar-refractivity contribution in [2.75, 3.05) is 13.2 Å². The predicted octanol–water partition coefficient (Wildman–Crippen LogP) is -1.37. The van der Waals surface area contributed by atoms with Crippen molar-refractivity contribution in [1.82, 2.24) is 10.2 Å². The molecule has 5 atom stereocenters. The Balaban J connectivity index is 2.05. The van der Waals surface area contributed by atoms with Gasteiger partial charge in [0, 0.05) is 6.54 Å². The van der Waals surface area contributed by atoms with Crippen LogP contribution < -0.4 is 11.1 Å². The van der Waals surface area contributed by atoms with Gasteiger partial charge in [-0.1, -0.05) is 0 Å². The largest absolute Gasteiger partial charge is 0.481 e. The van der Waals surface area contributed by atoms with E-state index in [1.54, 1.807) is 0 Å². The zero-order valence-corrected chi connectivity index (χ0v) is 14.6. The second kappa shape index (κ2) is 7.36. The molecule has 2 rings (SSSR count). The van der Waals surface area contributed by atoms with E-state index in [1.807, 2.05) is 0 Å². The van der Waals surface area contributed by atoms with Crippen molar-refractivity contribution < 1.29 is 56.1 Å². The summed E-state index contributed by atoms with van der Waals surface area (Å²) in [4.78, 5) is 38.4. The van der Waals surface area contributed by atoms with E-state index in [4.69, 9.17) is 25.2 Å². The van der Waals surface area contributed by atoms with E-state index >= 15 is 0 Å². The van der Waals surface area contributed by atoms with E-state index in [9.17, 15) is 27.8 Å². The number of phosphoric acid groups is 2. The predicted molar refractivity (Wildman–Crippen MR) is 76.4 cm³/mol. The molecule has 2 aliphatic heterocycles. The molecule has 0 bridgehead atoms. The van der Waals surface area contributed by atoms with Crippen molar-refractivity contribution in [2.24, 2.45) is 5.73 Å². The Labute approximate surface area is 144 Å². The summed E-state index contributed by atoms with van der Waals surface area (Å²) in [6.45, 7) is -1.37. The number of carbonyl (C=O) groups excluding carboxylic acids is 1. The lowest BCUT2D eigenvalue weighted by Crippen LogP contribution is -2.61. The number of hydrogen-bond donors (Lipinski definition) is 6. The second-order valence-corrected chi connectivity index (χ2v) is 8.35. The first-order valence-electron chi connectivity index (χ1n) is 7.01. The highest BCUT2D eigenvalue weighted by molar-refractivity contribution is 7.60. The van der Waals surface area contributed by atoms with Gasteiger partial charge in [-0.15, -0.1) is 0 Å². The molecule has 2 unspecified atom stereocenters. The Hall–Kier alpha value is -0.730. The number of aliphatic hydroxyl groups is 1. The van der Waals surface area contributed by atoms with Crippen LogP contribution in [0.5, 0.6) is 0 Å². The zero-order chi connectivity index (χ0) is 19.9. The third-order valence-electron chi connectivity index (χ3n) is 3.52. The number of phosphoric ester groups is 1. The van der Waals surface area contributed by atoms with Gasteiger partial charge in [0.2, 0.25) is 6.23 Å². The van der Waals surface area contributed by atoms with Crippen LogP contribution in [0.3, 0.4) is 0 Å². The molecule has 0 aromatic heterocycles. The maximum atomic E-state index is 14.2. The van der Waals surface area contributed by atoms with E-state index in [0.29, 0.717) is 4.90 Å². The van der Waals surface area contributed by atoms with Gasteiger partial charge < -0.3 is 35.6 Å². The molecule has 152 valence electrons. The Morgan fingerprint density at radius 3 is 2.54 bits per heavy atom. The summed E-state index contributed by atoms with van der Waals surface area (Å²) in [6, 6.07) is -0.958. The minimum Gasteiger partial charge on any atom is -0.384 e. The fraction of sp³-hybridized carbons (Fsp3) is 0.889. The number of amides is 2.